The second-order valence-electron chi connectivity index (χ2n) is 2.84. The Morgan fingerprint density at radius 1 is 1.75 bits per heavy atom. The van der Waals surface area contributed by atoms with Gasteiger partial charge in [-0.15, -0.1) is 5.10 Å². The van der Waals surface area contributed by atoms with E-state index in [1.807, 2.05) is 13.1 Å². The van der Waals surface area contributed by atoms with Gasteiger partial charge in [0.1, 0.15) is 5.69 Å². The molecule has 0 aliphatic carbocycles. The summed E-state index contributed by atoms with van der Waals surface area (Å²) in [5.74, 6) is 0. The first-order chi connectivity index (χ1) is 5.72. The van der Waals surface area contributed by atoms with E-state index in [0.717, 1.165) is 5.69 Å². The molecule has 5 heteroatoms. The highest BCUT2D eigenvalue weighted by molar-refractivity contribution is 4.89. The SMILES string of the molecule is COCc1cn(C[C@H](C)N)nn1. The molecule has 68 valence electrons. The Bertz CT molecular complexity index is 233. The third-order valence-electron chi connectivity index (χ3n) is 1.35. The fourth-order valence-corrected chi connectivity index (χ4v) is 0.937. The van der Waals surface area contributed by atoms with Gasteiger partial charge in [0, 0.05) is 13.2 Å². The van der Waals surface area contributed by atoms with E-state index in [1.54, 1.807) is 11.8 Å². The van der Waals surface area contributed by atoms with Gasteiger partial charge in [-0.25, -0.2) is 0 Å². The van der Waals surface area contributed by atoms with Crippen LogP contribution in [0, 0.1) is 0 Å². The molecule has 0 radical (unpaired) electrons. The summed E-state index contributed by atoms with van der Waals surface area (Å²) in [6.07, 6.45) is 1.84. The Morgan fingerprint density at radius 3 is 3.08 bits per heavy atom. The minimum Gasteiger partial charge on any atom is -0.378 e. The maximum Gasteiger partial charge on any atom is 0.108 e. The molecule has 0 saturated carbocycles. The number of nitrogens with two attached hydrogens (primary N) is 1. The Balaban J connectivity index is 2.52. The summed E-state index contributed by atoms with van der Waals surface area (Å²) in [7, 11) is 1.63. The molecule has 0 fully saturated rings. The van der Waals surface area contributed by atoms with E-state index in [9.17, 15) is 0 Å². The van der Waals surface area contributed by atoms with Gasteiger partial charge in [-0.1, -0.05) is 5.21 Å². The van der Waals surface area contributed by atoms with Crippen LogP contribution >= 0.6 is 0 Å². The van der Waals surface area contributed by atoms with E-state index < -0.39 is 0 Å². The summed E-state index contributed by atoms with van der Waals surface area (Å²) in [6, 6.07) is 0.0992. The van der Waals surface area contributed by atoms with Gasteiger partial charge in [0.05, 0.1) is 19.3 Å². The molecule has 1 rings (SSSR count). The number of rotatable bonds is 4. The number of aromatic nitrogens is 3. The van der Waals surface area contributed by atoms with Crippen LogP contribution in [0.3, 0.4) is 0 Å². The molecule has 1 heterocycles. The van der Waals surface area contributed by atoms with Crippen LogP contribution in [0.2, 0.25) is 0 Å². The fraction of sp³-hybridized carbons (Fsp3) is 0.714. The van der Waals surface area contributed by atoms with Crippen molar-refractivity contribution < 1.29 is 4.74 Å². The van der Waals surface area contributed by atoms with Crippen molar-refractivity contribution in [1.29, 1.82) is 0 Å². The summed E-state index contributed by atoms with van der Waals surface area (Å²) in [4.78, 5) is 0. The van der Waals surface area contributed by atoms with E-state index in [4.69, 9.17) is 10.5 Å². The number of methoxy groups -OCH3 is 1. The summed E-state index contributed by atoms with van der Waals surface area (Å²) in [6.45, 7) is 3.12. The predicted octanol–water partition coefficient (Wildman–Crippen LogP) is -0.228. The topological polar surface area (TPSA) is 66.0 Å². The molecule has 12 heavy (non-hydrogen) atoms. The van der Waals surface area contributed by atoms with Crippen molar-refractivity contribution in [3.8, 4) is 0 Å². The van der Waals surface area contributed by atoms with Gasteiger partial charge >= 0.3 is 0 Å². The molecule has 0 spiro atoms. The van der Waals surface area contributed by atoms with Gasteiger partial charge in [-0.05, 0) is 6.92 Å². The minimum absolute atomic E-state index is 0.0992. The van der Waals surface area contributed by atoms with Crippen LogP contribution in [0.5, 0.6) is 0 Å². The van der Waals surface area contributed by atoms with Crippen molar-refractivity contribution in [1.82, 2.24) is 15.0 Å². The van der Waals surface area contributed by atoms with Gasteiger partial charge < -0.3 is 10.5 Å². The quantitative estimate of drug-likeness (QED) is 0.678. The summed E-state index contributed by atoms with van der Waals surface area (Å²) in [5, 5.41) is 7.77. The molecule has 0 bridgehead atoms. The van der Waals surface area contributed by atoms with E-state index in [2.05, 4.69) is 10.3 Å². The van der Waals surface area contributed by atoms with Gasteiger partial charge in [-0.2, -0.15) is 0 Å². The van der Waals surface area contributed by atoms with Crippen molar-refractivity contribution in [2.45, 2.75) is 26.1 Å². The molecule has 1 aromatic rings. The van der Waals surface area contributed by atoms with Crippen molar-refractivity contribution >= 4 is 0 Å². The van der Waals surface area contributed by atoms with Crippen LogP contribution in [0.1, 0.15) is 12.6 Å². The first-order valence-electron chi connectivity index (χ1n) is 3.86. The summed E-state index contributed by atoms with van der Waals surface area (Å²) >= 11 is 0. The smallest absolute Gasteiger partial charge is 0.108 e. The Morgan fingerprint density at radius 2 is 2.50 bits per heavy atom. The predicted molar refractivity (Wildman–Crippen MR) is 44.4 cm³/mol. The Labute approximate surface area is 71.5 Å². The second kappa shape index (κ2) is 4.18. The maximum atomic E-state index is 5.59. The average Bonchev–Trinajstić information content (AvgIpc) is 2.36. The van der Waals surface area contributed by atoms with Gasteiger partial charge in [0.2, 0.25) is 0 Å². The molecule has 0 saturated heterocycles. The molecule has 0 aromatic carbocycles. The normalized spacial score (nSPS) is 13.2. The third-order valence-corrected chi connectivity index (χ3v) is 1.35. The lowest BCUT2D eigenvalue weighted by molar-refractivity contribution is 0.181. The first kappa shape index (κ1) is 9.15. The van der Waals surface area contributed by atoms with Crippen LogP contribution in [-0.2, 0) is 17.9 Å². The Hall–Kier alpha value is -0.940. The van der Waals surface area contributed by atoms with Crippen LogP contribution in [0.4, 0.5) is 0 Å². The molecule has 0 aliphatic rings. The number of ether oxygens (including phenoxy) is 1. The lowest BCUT2D eigenvalue weighted by atomic mass is 10.4. The molecule has 1 atom stereocenters. The van der Waals surface area contributed by atoms with Gasteiger partial charge in [0.25, 0.3) is 0 Å². The van der Waals surface area contributed by atoms with Gasteiger partial charge in [0.15, 0.2) is 0 Å². The molecule has 2 N–H and O–H groups in total. The maximum absolute atomic E-state index is 5.59. The first-order valence-corrected chi connectivity index (χ1v) is 3.86. The number of hydrogen-bond donors (Lipinski definition) is 1. The average molecular weight is 170 g/mol. The highest BCUT2D eigenvalue weighted by Gasteiger charge is 2.01. The van der Waals surface area contributed by atoms with E-state index in [0.29, 0.717) is 13.2 Å². The molecular formula is C7H14N4O. The second-order valence-corrected chi connectivity index (χ2v) is 2.84. The minimum atomic E-state index is 0.0992. The molecule has 5 nitrogen and oxygen atoms in total. The fourth-order valence-electron chi connectivity index (χ4n) is 0.937. The zero-order chi connectivity index (χ0) is 8.97. The van der Waals surface area contributed by atoms with Crippen LogP contribution < -0.4 is 5.73 Å². The molecule has 0 unspecified atom stereocenters. The van der Waals surface area contributed by atoms with E-state index in [-0.39, 0.29) is 6.04 Å². The zero-order valence-corrected chi connectivity index (χ0v) is 7.40. The Kier molecular flexibility index (Phi) is 3.19. The van der Waals surface area contributed by atoms with Gasteiger partial charge in [-0.3, -0.25) is 4.68 Å². The molecule has 0 aliphatic heterocycles. The largest absolute Gasteiger partial charge is 0.378 e. The summed E-state index contributed by atoms with van der Waals surface area (Å²) in [5.41, 5.74) is 6.42. The lowest BCUT2D eigenvalue weighted by Gasteiger charge is -2.02. The molecule has 1 aromatic heterocycles. The van der Waals surface area contributed by atoms with Crippen molar-refractivity contribution in [2.24, 2.45) is 5.73 Å². The highest BCUT2D eigenvalue weighted by Crippen LogP contribution is 1.95. The van der Waals surface area contributed by atoms with Crippen LogP contribution in [-0.4, -0.2) is 28.1 Å². The van der Waals surface area contributed by atoms with Crippen molar-refractivity contribution in [3.63, 3.8) is 0 Å². The van der Waals surface area contributed by atoms with Crippen LogP contribution in [0.15, 0.2) is 6.20 Å². The molecule has 0 amide bonds. The highest BCUT2D eigenvalue weighted by atomic mass is 16.5. The zero-order valence-electron chi connectivity index (χ0n) is 7.40. The lowest BCUT2D eigenvalue weighted by Crippen LogP contribution is -2.22. The van der Waals surface area contributed by atoms with E-state index >= 15 is 0 Å². The standard InChI is InChI=1S/C7H14N4O/c1-6(8)3-11-4-7(5-12-2)9-10-11/h4,6H,3,5,8H2,1-2H3/t6-/m0/s1. The van der Waals surface area contributed by atoms with Crippen molar-refractivity contribution in [3.05, 3.63) is 11.9 Å². The van der Waals surface area contributed by atoms with Crippen LogP contribution in [0.25, 0.3) is 0 Å². The monoisotopic (exact) mass is 170 g/mol. The number of nitrogens with zero attached hydrogens (tertiary/aromatic N) is 3. The van der Waals surface area contributed by atoms with E-state index in [1.165, 1.54) is 0 Å². The number of hydrogen-bond acceptors (Lipinski definition) is 4. The molecular weight excluding hydrogens is 156 g/mol. The third kappa shape index (κ3) is 2.60. The summed E-state index contributed by atoms with van der Waals surface area (Å²) < 4.78 is 6.62. The van der Waals surface area contributed by atoms with Crippen molar-refractivity contribution in [2.75, 3.05) is 7.11 Å².